The molecule has 0 atom stereocenters. The molecule has 6 heteroatoms. The van der Waals surface area contributed by atoms with Crippen LogP contribution in [0.15, 0.2) is 109 Å². The Morgan fingerprint density at radius 2 is 1.40 bits per heavy atom. The van der Waals surface area contributed by atoms with E-state index in [0.717, 1.165) is 64.7 Å². The SMILES string of the molecule is Cc1c(Cc2ccccc2Cl)c(N2CCN(C(c3ccccc3)c3ccccc3)CC2)n2c(nc3ccccc32)c1C#N. The lowest BCUT2D eigenvalue weighted by molar-refractivity contribution is 0.212. The van der Waals surface area contributed by atoms with E-state index >= 15 is 0 Å². The second kappa shape index (κ2) is 11.6. The number of aromatic nitrogens is 2. The number of benzene rings is 4. The fourth-order valence-electron chi connectivity index (χ4n) is 6.62. The lowest BCUT2D eigenvalue weighted by Crippen LogP contribution is -2.48. The van der Waals surface area contributed by atoms with E-state index in [1.165, 1.54) is 11.1 Å². The molecule has 0 saturated carbocycles. The first-order valence-electron chi connectivity index (χ1n) is 14.8. The van der Waals surface area contributed by atoms with Crippen molar-refractivity contribution in [3.05, 3.63) is 148 Å². The van der Waals surface area contributed by atoms with Crippen molar-refractivity contribution in [3.8, 4) is 6.07 Å². The van der Waals surface area contributed by atoms with Gasteiger partial charge in [0.05, 0.1) is 22.6 Å². The maximum Gasteiger partial charge on any atom is 0.157 e. The van der Waals surface area contributed by atoms with E-state index in [0.29, 0.717) is 17.6 Å². The second-order valence-electron chi connectivity index (χ2n) is 11.2. The number of rotatable bonds is 6. The van der Waals surface area contributed by atoms with Crippen molar-refractivity contribution in [2.24, 2.45) is 0 Å². The Bertz CT molecular complexity index is 1910. The molecule has 7 rings (SSSR count). The van der Waals surface area contributed by atoms with Crippen molar-refractivity contribution in [3.63, 3.8) is 0 Å². The average Bonchev–Trinajstić information content (AvgIpc) is 3.43. The Labute approximate surface area is 257 Å². The topological polar surface area (TPSA) is 47.6 Å². The van der Waals surface area contributed by atoms with Gasteiger partial charge in [-0.3, -0.25) is 9.30 Å². The number of imidazole rings is 1. The summed E-state index contributed by atoms with van der Waals surface area (Å²) in [5.74, 6) is 1.11. The lowest BCUT2D eigenvalue weighted by atomic mass is 9.95. The van der Waals surface area contributed by atoms with E-state index in [2.05, 4.69) is 100.0 Å². The zero-order valence-corrected chi connectivity index (χ0v) is 24.9. The van der Waals surface area contributed by atoms with Crippen LogP contribution in [0, 0.1) is 18.3 Å². The number of fused-ring (bicyclic) bond motifs is 3. The lowest BCUT2D eigenvalue weighted by Gasteiger charge is -2.41. The molecule has 1 aliphatic rings. The van der Waals surface area contributed by atoms with Gasteiger partial charge in [0.1, 0.15) is 11.9 Å². The highest BCUT2D eigenvalue weighted by molar-refractivity contribution is 6.31. The Balaban J connectivity index is 1.34. The number of para-hydroxylation sites is 2. The molecule has 5 nitrogen and oxygen atoms in total. The highest BCUT2D eigenvalue weighted by atomic mass is 35.5. The number of anilines is 1. The third kappa shape index (κ3) is 4.93. The van der Waals surface area contributed by atoms with Gasteiger partial charge in [-0.15, -0.1) is 0 Å². The summed E-state index contributed by atoms with van der Waals surface area (Å²) in [6.45, 7) is 5.54. The summed E-state index contributed by atoms with van der Waals surface area (Å²) in [7, 11) is 0. The maximum atomic E-state index is 10.4. The minimum absolute atomic E-state index is 0.184. The van der Waals surface area contributed by atoms with E-state index < -0.39 is 0 Å². The summed E-state index contributed by atoms with van der Waals surface area (Å²) in [5.41, 5.74) is 8.98. The van der Waals surface area contributed by atoms with Crippen LogP contribution >= 0.6 is 11.6 Å². The van der Waals surface area contributed by atoms with Gasteiger partial charge >= 0.3 is 0 Å². The molecule has 212 valence electrons. The Kier molecular flexibility index (Phi) is 7.32. The molecule has 6 aromatic rings. The summed E-state index contributed by atoms with van der Waals surface area (Å²) >= 11 is 6.70. The van der Waals surface area contributed by atoms with Crippen LogP contribution in [-0.2, 0) is 6.42 Å². The van der Waals surface area contributed by atoms with Crippen molar-refractivity contribution in [1.82, 2.24) is 14.3 Å². The number of nitrogens with zero attached hydrogens (tertiary/aromatic N) is 5. The fourth-order valence-corrected chi connectivity index (χ4v) is 6.82. The van der Waals surface area contributed by atoms with Gasteiger partial charge in [-0.05, 0) is 47.4 Å². The molecule has 0 N–H and O–H groups in total. The predicted molar refractivity (Wildman–Crippen MR) is 175 cm³/mol. The zero-order valence-electron chi connectivity index (χ0n) is 24.1. The van der Waals surface area contributed by atoms with Crippen LogP contribution in [0.5, 0.6) is 0 Å². The fraction of sp³-hybridized carbons (Fsp3) is 0.189. The number of nitriles is 1. The molecule has 2 aromatic heterocycles. The number of halogens is 1. The predicted octanol–water partition coefficient (Wildman–Crippen LogP) is 7.82. The normalized spacial score (nSPS) is 14.0. The molecule has 0 radical (unpaired) electrons. The molecule has 1 saturated heterocycles. The summed E-state index contributed by atoms with van der Waals surface area (Å²) in [5, 5.41) is 11.1. The molecule has 1 aliphatic heterocycles. The summed E-state index contributed by atoms with van der Waals surface area (Å²) in [6.07, 6.45) is 0.634. The third-order valence-corrected chi connectivity index (χ3v) is 9.11. The van der Waals surface area contributed by atoms with Gasteiger partial charge in [0, 0.05) is 43.2 Å². The molecule has 0 aliphatic carbocycles. The minimum atomic E-state index is 0.184. The van der Waals surface area contributed by atoms with Crippen molar-refractivity contribution < 1.29 is 0 Å². The molecule has 43 heavy (non-hydrogen) atoms. The van der Waals surface area contributed by atoms with E-state index in [-0.39, 0.29) is 6.04 Å². The molecule has 0 bridgehead atoms. The largest absolute Gasteiger partial charge is 0.355 e. The van der Waals surface area contributed by atoms with Gasteiger partial charge in [0.15, 0.2) is 5.65 Å². The van der Waals surface area contributed by atoms with Crippen molar-refractivity contribution in [2.45, 2.75) is 19.4 Å². The first-order valence-corrected chi connectivity index (χ1v) is 15.2. The number of hydrogen-bond acceptors (Lipinski definition) is 4. The molecule has 3 heterocycles. The van der Waals surface area contributed by atoms with Crippen LogP contribution in [0.1, 0.15) is 39.4 Å². The van der Waals surface area contributed by atoms with Crippen LogP contribution in [0.2, 0.25) is 5.02 Å². The van der Waals surface area contributed by atoms with E-state index in [1.54, 1.807) is 0 Å². The quantitative estimate of drug-likeness (QED) is 0.201. The molecule has 4 aromatic carbocycles. The van der Waals surface area contributed by atoms with Crippen molar-refractivity contribution >= 4 is 34.1 Å². The van der Waals surface area contributed by atoms with E-state index in [1.807, 2.05) is 36.4 Å². The van der Waals surface area contributed by atoms with Crippen LogP contribution < -0.4 is 4.90 Å². The first kappa shape index (κ1) is 27.2. The molecular formula is C37H32ClN5. The maximum absolute atomic E-state index is 10.4. The first-order chi connectivity index (χ1) is 21.1. The number of piperazine rings is 1. The summed E-state index contributed by atoms with van der Waals surface area (Å²) in [6, 6.07) is 40.5. The summed E-state index contributed by atoms with van der Waals surface area (Å²) < 4.78 is 2.22. The van der Waals surface area contributed by atoms with Crippen molar-refractivity contribution in [1.29, 1.82) is 5.26 Å². The third-order valence-electron chi connectivity index (χ3n) is 8.74. The smallest absolute Gasteiger partial charge is 0.157 e. The van der Waals surface area contributed by atoms with Crippen molar-refractivity contribution in [2.75, 3.05) is 31.1 Å². The highest BCUT2D eigenvalue weighted by Gasteiger charge is 2.30. The van der Waals surface area contributed by atoms with Gasteiger partial charge in [0.2, 0.25) is 0 Å². The monoisotopic (exact) mass is 581 g/mol. The second-order valence-corrected chi connectivity index (χ2v) is 11.6. The van der Waals surface area contributed by atoms with Crippen LogP contribution in [-0.4, -0.2) is 40.5 Å². The van der Waals surface area contributed by atoms with Crippen LogP contribution in [0.25, 0.3) is 16.7 Å². The molecular weight excluding hydrogens is 550 g/mol. The Morgan fingerprint density at radius 3 is 2.05 bits per heavy atom. The Morgan fingerprint density at radius 1 is 0.791 bits per heavy atom. The molecule has 0 spiro atoms. The zero-order chi connectivity index (χ0) is 29.3. The van der Waals surface area contributed by atoms with Crippen LogP contribution in [0.4, 0.5) is 5.82 Å². The van der Waals surface area contributed by atoms with Gasteiger partial charge in [0.25, 0.3) is 0 Å². The number of hydrogen-bond donors (Lipinski definition) is 0. The average molecular weight is 582 g/mol. The van der Waals surface area contributed by atoms with Gasteiger partial charge in [-0.1, -0.05) is 103 Å². The van der Waals surface area contributed by atoms with Gasteiger partial charge in [-0.25, -0.2) is 4.98 Å². The highest BCUT2D eigenvalue weighted by Crippen LogP contribution is 2.37. The van der Waals surface area contributed by atoms with Gasteiger partial charge in [-0.2, -0.15) is 5.26 Å². The van der Waals surface area contributed by atoms with E-state index in [9.17, 15) is 5.26 Å². The standard InChI is InChI=1S/C37H32ClN5/c1-26-30(24-29-16-8-9-17-32(29)38)37(43-34-19-11-10-18-33(34)40-36(43)31(26)25-39)42-22-20-41(21-23-42)35(27-12-4-2-5-13-27)28-14-6-3-7-15-28/h2-19,35H,20-24H2,1H3. The van der Waals surface area contributed by atoms with Crippen LogP contribution in [0.3, 0.4) is 0 Å². The van der Waals surface area contributed by atoms with Gasteiger partial charge < -0.3 is 4.90 Å². The summed E-state index contributed by atoms with van der Waals surface area (Å²) in [4.78, 5) is 10.1. The Hall–Kier alpha value is -4.63. The number of pyridine rings is 1. The minimum Gasteiger partial charge on any atom is -0.355 e. The molecule has 0 unspecified atom stereocenters. The molecule has 1 fully saturated rings. The van der Waals surface area contributed by atoms with E-state index in [4.69, 9.17) is 16.6 Å². The molecule has 0 amide bonds.